The predicted molar refractivity (Wildman–Crippen MR) is 106 cm³/mol. The van der Waals surface area contributed by atoms with Gasteiger partial charge in [-0.15, -0.1) is 4.36 Å². The molecule has 154 valence electrons. The molecule has 2 heterocycles. The van der Waals surface area contributed by atoms with Gasteiger partial charge in [-0.2, -0.15) is 5.10 Å². The lowest BCUT2D eigenvalue weighted by Gasteiger charge is -2.15. The lowest BCUT2D eigenvalue weighted by molar-refractivity contribution is 0.130. The van der Waals surface area contributed by atoms with E-state index in [1.54, 1.807) is 0 Å². The van der Waals surface area contributed by atoms with Crippen LogP contribution in [0.15, 0.2) is 21.5 Å². The van der Waals surface area contributed by atoms with Crippen LogP contribution in [-0.2, 0) is 42.1 Å². The van der Waals surface area contributed by atoms with E-state index in [1.165, 1.54) is 33.1 Å². The SMILES string of the molecule is N[S@@](=O)(=NC(=O)Nc1c2c(cc3c1CCC3)CCC2)c1cnn2c1O[C@H](CO)C2. The average molecular weight is 417 g/mol. The fourth-order valence-corrected chi connectivity index (χ4v) is 5.55. The number of aryl methyl sites for hydroxylation is 2. The van der Waals surface area contributed by atoms with E-state index in [9.17, 15) is 14.1 Å². The quantitative estimate of drug-likeness (QED) is 0.697. The molecule has 2 aliphatic carbocycles. The van der Waals surface area contributed by atoms with Crippen molar-refractivity contribution in [2.45, 2.75) is 56.1 Å². The highest BCUT2D eigenvalue weighted by Crippen LogP contribution is 2.38. The summed E-state index contributed by atoms with van der Waals surface area (Å²) in [5.41, 5.74) is 5.73. The average Bonchev–Trinajstić information content (AvgIpc) is 3.43. The molecule has 5 rings (SSSR count). The first kappa shape index (κ1) is 18.6. The molecule has 0 bridgehead atoms. The number of carbonyl (C=O) groups excluding carboxylic acids is 1. The van der Waals surface area contributed by atoms with Gasteiger partial charge in [0.15, 0.2) is 9.92 Å². The molecule has 10 heteroatoms. The van der Waals surface area contributed by atoms with Crippen molar-refractivity contribution in [3.05, 3.63) is 34.5 Å². The maximum atomic E-state index is 13.0. The first-order valence-corrected chi connectivity index (χ1v) is 11.4. The second-order valence-corrected chi connectivity index (χ2v) is 9.50. The standard InChI is InChI=1S/C19H23N5O4S/c20-29(27,16-8-21-24-9-13(10-25)28-18(16)24)23-19(26)22-17-14-5-1-3-11(14)7-12-4-2-6-15(12)17/h7-8,13,25H,1-6,9-10H2,(H3,20,22,23,26,27)/t13-,29+/m0/s1. The number of urea groups is 1. The first-order chi connectivity index (χ1) is 14.0. The lowest BCUT2D eigenvalue weighted by Crippen LogP contribution is -2.21. The molecule has 4 N–H and O–H groups in total. The van der Waals surface area contributed by atoms with Crippen molar-refractivity contribution in [2.75, 3.05) is 11.9 Å². The van der Waals surface area contributed by atoms with Gasteiger partial charge in [-0.05, 0) is 60.8 Å². The largest absolute Gasteiger partial charge is 0.469 e. The molecule has 29 heavy (non-hydrogen) atoms. The summed E-state index contributed by atoms with van der Waals surface area (Å²) in [5, 5.41) is 22.1. The van der Waals surface area contributed by atoms with Crippen LogP contribution in [-0.4, -0.2) is 37.8 Å². The number of benzene rings is 1. The predicted octanol–water partition coefficient (Wildman–Crippen LogP) is 1.55. The van der Waals surface area contributed by atoms with E-state index in [0.717, 1.165) is 44.2 Å². The monoisotopic (exact) mass is 417 g/mol. The summed E-state index contributed by atoms with van der Waals surface area (Å²) < 4.78 is 23.8. The smallest absolute Gasteiger partial charge is 0.354 e. The van der Waals surface area contributed by atoms with E-state index in [1.807, 2.05) is 0 Å². The number of amides is 2. The summed E-state index contributed by atoms with van der Waals surface area (Å²) in [7, 11) is -3.55. The van der Waals surface area contributed by atoms with Crippen LogP contribution in [0.25, 0.3) is 0 Å². The van der Waals surface area contributed by atoms with E-state index >= 15 is 0 Å². The first-order valence-electron chi connectivity index (χ1n) is 9.82. The zero-order valence-corrected chi connectivity index (χ0v) is 16.7. The van der Waals surface area contributed by atoms with Crippen LogP contribution in [0.2, 0.25) is 0 Å². The molecule has 0 saturated carbocycles. The van der Waals surface area contributed by atoms with E-state index < -0.39 is 22.1 Å². The van der Waals surface area contributed by atoms with Gasteiger partial charge in [-0.1, -0.05) is 6.07 Å². The van der Waals surface area contributed by atoms with E-state index in [4.69, 9.17) is 9.88 Å². The van der Waals surface area contributed by atoms with Crippen molar-refractivity contribution in [3.8, 4) is 5.88 Å². The van der Waals surface area contributed by atoms with Crippen LogP contribution in [0.3, 0.4) is 0 Å². The number of nitrogens with zero attached hydrogens (tertiary/aromatic N) is 3. The summed E-state index contributed by atoms with van der Waals surface area (Å²) in [6.07, 6.45) is 6.84. The molecule has 1 aliphatic heterocycles. The zero-order valence-electron chi connectivity index (χ0n) is 15.9. The lowest BCUT2D eigenvalue weighted by atomic mass is 9.99. The topological polar surface area (TPSA) is 132 Å². The molecule has 1 aromatic carbocycles. The number of fused-ring (bicyclic) bond motifs is 3. The molecule has 2 atom stereocenters. The zero-order chi connectivity index (χ0) is 20.2. The van der Waals surface area contributed by atoms with Gasteiger partial charge >= 0.3 is 6.03 Å². The van der Waals surface area contributed by atoms with Gasteiger partial charge in [0.25, 0.3) is 0 Å². The molecular formula is C19H23N5O4S. The fourth-order valence-electron chi connectivity index (χ4n) is 4.56. The van der Waals surface area contributed by atoms with Crippen molar-refractivity contribution in [3.63, 3.8) is 0 Å². The van der Waals surface area contributed by atoms with Crippen LogP contribution < -0.4 is 15.2 Å². The second-order valence-electron chi connectivity index (χ2n) is 7.74. The number of aliphatic hydroxyl groups is 1. The number of ether oxygens (including phenoxy) is 1. The van der Waals surface area contributed by atoms with Crippen LogP contribution in [0, 0.1) is 0 Å². The Bertz CT molecular complexity index is 1100. The molecule has 0 spiro atoms. The molecule has 0 unspecified atom stereocenters. The Balaban J connectivity index is 1.46. The molecule has 0 saturated heterocycles. The highest BCUT2D eigenvalue weighted by atomic mass is 32.2. The number of rotatable bonds is 3. The Kier molecular flexibility index (Phi) is 4.37. The molecule has 2 amide bonds. The normalized spacial score (nSPS) is 21.1. The Morgan fingerprint density at radius 2 is 2.00 bits per heavy atom. The van der Waals surface area contributed by atoms with Crippen molar-refractivity contribution < 1.29 is 18.8 Å². The molecule has 0 radical (unpaired) electrons. The number of aromatic nitrogens is 2. The third-order valence-electron chi connectivity index (χ3n) is 5.86. The number of aliphatic hydroxyl groups excluding tert-OH is 1. The van der Waals surface area contributed by atoms with Crippen molar-refractivity contribution >= 4 is 21.6 Å². The summed E-state index contributed by atoms with van der Waals surface area (Å²) >= 11 is 0. The van der Waals surface area contributed by atoms with Gasteiger partial charge in [0.05, 0.1) is 19.3 Å². The number of anilines is 1. The maximum Gasteiger partial charge on any atom is 0.354 e. The highest BCUT2D eigenvalue weighted by Gasteiger charge is 2.31. The Morgan fingerprint density at radius 1 is 1.31 bits per heavy atom. The van der Waals surface area contributed by atoms with E-state index in [2.05, 4.69) is 20.8 Å². The second kappa shape index (κ2) is 6.82. The summed E-state index contributed by atoms with van der Waals surface area (Å²) in [6, 6.07) is 1.54. The number of hydrogen-bond acceptors (Lipinski definition) is 5. The third kappa shape index (κ3) is 3.11. The van der Waals surface area contributed by atoms with Crippen LogP contribution in [0.5, 0.6) is 5.88 Å². The molecule has 9 nitrogen and oxygen atoms in total. The number of hydrogen-bond donors (Lipinski definition) is 3. The van der Waals surface area contributed by atoms with Gasteiger partial charge in [-0.3, -0.25) is 0 Å². The van der Waals surface area contributed by atoms with E-state index in [0.29, 0.717) is 6.54 Å². The van der Waals surface area contributed by atoms with Gasteiger partial charge in [0.2, 0.25) is 5.88 Å². The molecule has 3 aliphatic rings. The minimum atomic E-state index is -3.55. The third-order valence-corrected chi connectivity index (χ3v) is 7.20. The number of nitrogens with two attached hydrogens (primary N) is 1. The Morgan fingerprint density at radius 3 is 2.66 bits per heavy atom. The molecule has 1 aromatic heterocycles. The molecular weight excluding hydrogens is 394 g/mol. The van der Waals surface area contributed by atoms with Gasteiger partial charge < -0.3 is 15.2 Å². The maximum absolute atomic E-state index is 13.0. The highest BCUT2D eigenvalue weighted by molar-refractivity contribution is 7.91. The van der Waals surface area contributed by atoms with Crippen molar-refractivity contribution in [2.24, 2.45) is 9.50 Å². The minimum absolute atomic E-state index is 0.0621. The number of carbonyl (C=O) groups is 1. The van der Waals surface area contributed by atoms with Crippen LogP contribution >= 0.6 is 0 Å². The van der Waals surface area contributed by atoms with Crippen molar-refractivity contribution in [1.29, 1.82) is 0 Å². The van der Waals surface area contributed by atoms with Crippen LogP contribution in [0.1, 0.15) is 35.1 Å². The van der Waals surface area contributed by atoms with Crippen molar-refractivity contribution in [1.82, 2.24) is 9.78 Å². The Hall–Kier alpha value is -2.43. The fraction of sp³-hybridized carbons (Fsp3) is 0.474. The van der Waals surface area contributed by atoms with E-state index in [-0.39, 0.29) is 17.4 Å². The summed E-state index contributed by atoms with van der Waals surface area (Å²) in [6.45, 7) is 0.131. The molecule has 0 fully saturated rings. The summed E-state index contributed by atoms with van der Waals surface area (Å²) in [5.74, 6) is 0.189. The molecule has 2 aromatic rings. The van der Waals surface area contributed by atoms with Crippen LogP contribution in [0.4, 0.5) is 10.5 Å². The van der Waals surface area contributed by atoms with Gasteiger partial charge in [0.1, 0.15) is 11.0 Å². The van der Waals surface area contributed by atoms with Gasteiger partial charge in [-0.25, -0.2) is 18.8 Å². The Labute approximate surface area is 168 Å². The minimum Gasteiger partial charge on any atom is -0.469 e. The summed E-state index contributed by atoms with van der Waals surface area (Å²) in [4.78, 5) is 12.8. The number of nitrogens with one attached hydrogen (secondary N) is 1. The van der Waals surface area contributed by atoms with Gasteiger partial charge in [0, 0.05) is 5.69 Å².